The predicted molar refractivity (Wildman–Crippen MR) is 172 cm³/mol. The van der Waals surface area contributed by atoms with Gasteiger partial charge in [0.1, 0.15) is 0 Å². The first-order valence-electron chi connectivity index (χ1n) is 14.2. The number of halogens is 1. The number of anilines is 1. The molecule has 11 heteroatoms. The van der Waals surface area contributed by atoms with E-state index in [0.717, 1.165) is 49.5 Å². The van der Waals surface area contributed by atoms with Crippen LogP contribution < -0.4 is 21.8 Å². The summed E-state index contributed by atoms with van der Waals surface area (Å²) in [6.07, 6.45) is 3.06. The molecule has 3 aliphatic heterocycles. The maximum atomic E-state index is 12.8. The Morgan fingerprint density at radius 3 is 2.53 bits per heavy atom. The number of hydrazone groups is 1. The van der Waals surface area contributed by atoms with Gasteiger partial charge in [-0.1, -0.05) is 60.6 Å². The molecule has 3 aromatic rings. The highest BCUT2D eigenvalue weighted by Crippen LogP contribution is 2.41. The fraction of sp³-hybridized carbons (Fsp3) is 0.250. The van der Waals surface area contributed by atoms with Gasteiger partial charge in [0.2, 0.25) is 0 Å². The van der Waals surface area contributed by atoms with Crippen molar-refractivity contribution in [3.63, 3.8) is 0 Å². The summed E-state index contributed by atoms with van der Waals surface area (Å²) in [6, 6.07) is 21.4. The second-order valence-corrected chi connectivity index (χ2v) is 11.4. The Morgan fingerprint density at radius 1 is 1.09 bits per heavy atom. The van der Waals surface area contributed by atoms with Crippen LogP contribution in [-0.2, 0) is 12.1 Å². The Morgan fingerprint density at radius 2 is 1.84 bits per heavy atom. The molecule has 3 aliphatic rings. The molecule has 43 heavy (non-hydrogen) atoms. The molecule has 1 fully saturated rings. The summed E-state index contributed by atoms with van der Waals surface area (Å²) in [5.74, 6) is 0.468. The van der Waals surface area contributed by atoms with Crippen LogP contribution in [0.1, 0.15) is 27.8 Å². The lowest BCUT2D eigenvalue weighted by Crippen LogP contribution is -2.44. The van der Waals surface area contributed by atoms with Crippen LogP contribution in [-0.4, -0.2) is 71.8 Å². The van der Waals surface area contributed by atoms with E-state index in [2.05, 4.69) is 51.7 Å². The molecule has 6 rings (SSSR count). The molecule has 222 valence electrons. The van der Waals surface area contributed by atoms with Gasteiger partial charge in [-0.15, -0.1) is 10.6 Å². The highest BCUT2D eigenvalue weighted by Gasteiger charge is 2.40. The Balaban J connectivity index is 1.44. The average Bonchev–Trinajstić information content (AvgIpc) is 3.51. The van der Waals surface area contributed by atoms with Crippen LogP contribution in [0.25, 0.3) is 0 Å². The summed E-state index contributed by atoms with van der Waals surface area (Å²) in [4.78, 5) is 11.4. The molecular weight excluding hydrogens is 562 g/mol. The lowest BCUT2D eigenvalue weighted by Gasteiger charge is -2.37. The normalized spacial score (nSPS) is 18.6. The van der Waals surface area contributed by atoms with E-state index in [-0.39, 0.29) is 0 Å². The number of hydrazine groups is 2. The number of nitrogens with two attached hydrogens (primary N) is 1. The van der Waals surface area contributed by atoms with Crippen LogP contribution >= 0.6 is 11.6 Å². The molecule has 0 aromatic heterocycles. The maximum absolute atomic E-state index is 12.8. The fourth-order valence-corrected chi connectivity index (χ4v) is 5.99. The number of aliphatic imine (C=N–C) groups is 1. The van der Waals surface area contributed by atoms with Crippen molar-refractivity contribution in [1.29, 1.82) is 0 Å². The Kier molecular flexibility index (Phi) is 7.95. The molecule has 5 N–H and O–H groups in total. The summed E-state index contributed by atoms with van der Waals surface area (Å²) in [5, 5.41) is 19.4. The van der Waals surface area contributed by atoms with Crippen LogP contribution in [0.2, 0.25) is 5.02 Å². The number of benzene rings is 3. The minimum absolute atomic E-state index is 0.467. The monoisotopic (exact) mass is 597 g/mol. The average molecular weight is 598 g/mol. The zero-order valence-corrected chi connectivity index (χ0v) is 25.1. The van der Waals surface area contributed by atoms with Crippen molar-refractivity contribution in [3.05, 3.63) is 124 Å². The third kappa shape index (κ3) is 5.39. The lowest BCUT2D eigenvalue weighted by atomic mass is 9.81. The van der Waals surface area contributed by atoms with Gasteiger partial charge in [-0.25, -0.2) is 15.5 Å². The summed E-state index contributed by atoms with van der Waals surface area (Å²) in [7, 11) is 3.98. The molecule has 0 saturated carbocycles. The fourth-order valence-electron chi connectivity index (χ4n) is 5.80. The van der Waals surface area contributed by atoms with E-state index in [0.29, 0.717) is 33.5 Å². The van der Waals surface area contributed by atoms with Crippen molar-refractivity contribution in [2.45, 2.75) is 12.1 Å². The molecule has 3 aromatic carbocycles. The quantitative estimate of drug-likeness (QED) is 0.314. The van der Waals surface area contributed by atoms with Gasteiger partial charge >= 0.3 is 0 Å². The van der Waals surface area contributed by atoms with Crippen molar-refractivity contribution < 1.29 is 5.11 Å². The Bertz CT molecular complexity index is 1610. The number of hydrogen-bond donors (Lipinski definition) is 4. The number of piperazine rings is 1. The number of hydrogen-bond acceptors (Lipinski definition) is 10. The van der Waals surface area contributed by atoms with Gasteiger partial charge in [0.15, 0.2) is 5.60 Å². The predicted octanol–water partition coefficient (Wildman–Crippen LogP) is 3.15. The van der Waals surface area contributed by atoms with Crippen molar-refractivity contribution in [2.24, 2.45) is 15.8 Å². The van der Waals surface area contributed by atoms with E-state index in [4.69, 9.17) is 22.3 Å². The second kappa shape index (κ2) is 11.8. The van der Waals surface area contributed by atoms with Crippen molar-refractivity contribution >= 4 is 29.0 Å². The Labute approximate surface area is 257 Å². The summed E-state index contributed by atoms with van der Waals surface area (Å²) < 4.78 is 0. The molecule has 0 radical (unpaired) electrons. The topological polar surface area (TPSA) is 108 Å². The first-order valence-corrected chi connectivity index (χ1v) is 14.6. The number of likely N-dealkylation sites (N-methyl/N-ethyl adjacent to an activating group) is 2. The van der Waals surface area contributed by atoms with Gasteiger partial charge < -0.3 is 20.6 Å². The van der Waals surface area contributed by atoms with Crippen LogP contribution in [0.3, 0.4) is 0 Å². The molecule has 1 saturated heterocycles. The lowest BCUT2D eigenvalue weighted by molar-refractivity contribution is 0.0966. The van der Waals surface area contributed by atoms with Crippen LogP contribution in [0.4, 0.5) is 5.69 Å². The first kappa shape index (κ1) is 28.9. The number of guanidine groups is 1. The van der Waals surface area contributed by atoms with Gasteiger partial charge in [0.25, 0.3) is 5.96 Å². The molecule has 0 aliphatic carbocycles. The number of rotatable bonds is 8. The van der Waals surface area contributed by atoms with Gasteiger partial charge in [0, 0.05) is 62.1 Å². The number of nitrogens with zero attached hydrogens (tertiary/aromatic N) is 6. The van der Waals surface area contributed by atoms with E-state index < -0.39 is 5.60 Å². The highest BCUT2D eigenvalue weighted by molar-refractivity contribution is 6.32. The molecule has 0 bridgehead atoms. The highest BCUT2D eigenvalue weighted by atomic mass is 35.5. The summed E-state index contributed by atoms with van der Waals surface area (Å²) in [6.45, 7) is 8.97. The first-order chi connectivity index (χ1) is 20.8. The second-order valence-electron chi connectivity index (χ2n) is 11.0. The van der Waals surface area contributed by atoms with E-state index in [1.165, 1.54) is 11.8 Å². The molecular formula is C32H36ClN9O. The molecule has 0 amide bonds. The summed E-state index contributed by atoms with van der Waals surface area (Å²) in [5.41, 5.74) is 16.5. The maximum Gasteiger partial charge on any atom is 0.265 e. The van der Waals surface area contributed by atoms with Crippen molar-refractivity contribution in [2.75, 3.05) is 45.3 Å². The van der Waals surface area contributed by atoms with Crippen LogP contribution in [0.5, 0.6) is 0 Å². The minimum atomic E-state index is -1.61. The van der Waals surface area contributed by atoms with Crippen LogP contribution in [0, 0.1) is 0 Å². The molecule has 1 unspecified atom stereocenters. The van der Waals surface area contributed by atoms with Gasteiger partial charge in [-0.2, -0.15) is 0 Å². The zero-order valence-electron chi connectivity index (χ0n) is 24.3. The van der Waals surface area contributed by atoms with Gasteiger partial charge in [0.05, 0.1) is 17.1 Å². The third-order valence-corrected chi connectivity index (χ3v) is 8.53. The van der Waals surface area contributed by atoms with E-state index in [9.17, 15) is 5.11 Å². The van der Waals surface area contributed by atoms with E-state index in [1.54, 1.807) is 16.1 Å². The third-order valence-electron chi connectivity index (χ3n) is 8.29. The smallest absolute Gasteiger partial charge is 0.265 e. The van der Waals surface area contributed by atoms with Gasteiger partial charge in [-0.05, 0) is 54.2 Å². The molecule has 1 atom stereocenters. The van der Waals surface area contributed by atoms with Gasteiger partial charge in [-0.3, -0.25) is 4.90 Å². The number of fused-ring (bicyclic) bond motifs is 3. The number of nitrogens with one attached hydrogen (secondary N) is 2. The van der Waals surface area contributed by atoms with Crippen LogP contribution in [0.15, 0.2) is 101 Å². The summed E-state index contributed by atoms with van der Waals surface area (Å²) >= 11 is 6.38. The standard InChI is InChI=1S/C32H36ClN9O/c1-4-40(3)29(20-34)32(43,24-10-8-22(9-11-24)21-41-16-14-39(2)15-17-41)25-12-13-28-27(19-25)30(23-6-5-7-26(33)18-23)35-31-36-37-38-42(28)31/h4-13,18-20,37-38,43H,1,14-17,21,34H2,2-3H3/b29-20-. The Hall–Kier alpha value is -4.19. The van der Waals surface area contributed by atoms with Crippen molar-refractivity contribution in [1.82, 2.24) is 25.8 Å². The SMILES string of the molecule is C=CN(C)/C(=C\N)C(O)(c1ccc(CN2CCN(C)CC2)cc1)c1ccc2c(c1)C(c1cccc(Cl)c1)=NC1=NNNN12. The van der Waals surface area contributed by atoms with E-state index in [1.807, 2.05) is 61.6 Å². The molecule has 10 nitrogen and oxygen atoms in total. The largest absolute Gasteiger partial charge is 0.403 e. The van der Waals surface area contributed by atoms with E-state index >= 15 is 0 Å². The number of aliphatic hydroxyl groups is 1. The zero-order chi connectivity index (χ0) is 30.1. The minimum Gasteiger partial charge on any atom is -0.403 e. The molecule has 3 heterocycles. The molecule has 0 spiro atoms. The van der Waals surface area contributed by atoms with Crippen molar-refractivity contribution in [3.8, 4) is 0 Å².